The maximum Gasteiger partial charge on any atom is 0.471 e. The third-order valence-electron chi connectivity index (χ3n) is 7.87. The smallest absolute Gasteiger partial charge is 0.305 e. The van der Waals surface area contributed by atoms with Gasteiger partial charge in [0.05, 0.1) is 5.69 Å². The van der Waals surface area contributed by atoms with Gasteiger partial charge in [-0.1, -0.05) is 13.8 Å². The molecule has 1 aromatic carbocycles. The molecule has 8 nitrogen and oxygen atoms in total. The number of hydrogen-bond donors (Lipinski definition) is 0. The first-order valence-corrected chi connectivity index (χ1v) is 15.3. The number of likely N-dealkylation sites (tertiary alicyclic amines) is 1. The monoisotopic (exact) mass is 659 g/mol. The van der Waals surface area contributed by atoms with E-state index in [1.807, 2.05) is 0 Å². The van der Waals surface area contributed by atoms with Crippen LogP contribution in [0.1, 0.15) is 46.1 Å². The first kappa shape index (κ1) is 34.5. The number of thioether (sulfide) groups is 1. The number of urea groups is 1. The number of anilines is 2. The van der Waals surface area contributed by atoms with E-state index >= 15 is 0 Å². The largest absolute Gasteiger partial charge is 0.471 e. The molecular weight excluding hydrogens is 624 g/mol. The van der Waals surface area contributed by atoms with Crippen LogP contribution in [-0.2, 0) is 16.1 Å². The Morgan fingerprint density at radius 2 is 1.64 bits per heavy atom. The summed E-state index contributed by atoms with van der Waals surface area (Å²) in [6.07, 6.45) is -2.53. The summed E-state index contributed by atoms with van der Waals surface area (Å²) in [7, 11) is 0. The summed E-state index contributed by atoms with van der Waals surface area (Å²) < 4.78 is 79.0. The summed E-state index contributed by atoms with van der Waals surface area (Å²) in [5, 5.41) is 0. The highest BCUT2D eigenvalue weighted by Gasteiger charge is 2.52. The van der Waals surface area contributed by atoms with Gasteiger partial charge in [-0.05, 0) is 98.8 Å². The van der Waals surface area contributed by atoms with E-state index < -0.39 is 35.1 Å². The number of hydrogen-bond acceptors (Lipinski definition) is 6. The van der Waals surface area contributed by atoms with Crippen molar-refractivity contribution in [2.75, 3.05) is 36.0 Å². The third-order valence-corrected chi connectivity index (χ3v) is 8.61. The average Bonchev–Trinajstić information content (AvgIpc) is 3.08. The molecule has 2 aliphatic heterocycles. The van der Waals surface area contributed by atoms with Gasteiger partial charge in [-0.25, -0.2) is 14.7 Å². The summed E-state index contributed by atoms with van der Waals surface area (Å²) in [4.78, 5) is 48.0. The molecule has 0 spiro atoms. The second kappa shape index (κ2) is 13.2. The van der Waals surface area contributed by atoms with Crippen molar-refractivity contribution in [3.63, 3.8) is 0 Å². The summed E-state index contributed by atoms with van der Waals surface area (Å²) in [5.41, 5.74) is -5.51. The molecule has 4 amide bonds. The molecule has 15 heteroatoms. The molecule has 1 aromatic heterocycles. The van der Waals surface area contributed by atoms with Gasteiger partial charge in [-0.3, -0.25) is 14.5 Å². The lowest BCUT2D eigenvalue weighted by Gasteiger charge is -2.35. The van der Waals surface area contributed by atoms with Gasteiger partial charge in [-0.2, -0.15) is 26.3 Å². The van der Waals surface area contributed by atoms with E-state index in [9.17, 15) is 40.7 Å². The van der Waals surface area contributed by atoms with Gasteiger partial charge in [0.25, 0.3) is 5.91 Å². The lowest BCUT2D eigenvalue weighted by molar-refractivity contribution is -0.170. The minimum atomic E-state index is -5.14. The number of piperidine rings is 1. The first-order valence-electron chi connectivity index (χ1n) is 14.4. The van der Waals surface area contributed by atoms with Crippen LogP contribution in [-0.4, -0.2) is 76.0 Å². The van der Waals surface area contributed by atoms with Crippen LogP contribution >= 0.6 is 11.8 Å². The molecule has 45 heavy (non-hydrogen) atoms. The maximum atomic E-state index is 13.6. The second-order valence-electron chi connectivity index (χ2n) is 12.1. The van der Waals surface area contributed by atoms with Crippen molar-refractivity contribution >= 4 is 41.1 Å². The van der Waals surface area contributed by atoms with Gasteiger partial charge in [-0.15, -0.1) is 0 Å². The van der Waals surface area contributed by atoms with Crippen LogP contribution in [0.15, 0.2) is 47.5 Å². The summed E-state index contributed by atoms with van der Waals surface area (Å²) >= 11 is -0.331. The molecule has 0 saturated carbocycles. The Morgan fingerprint density at radius 3 is 2.22 bits per heavy atom. The molecular formula is C30H35F6N5O3S. The molecule has 2 unspecified atom stereocenters. The van der Waals surface area contributed by atoms with E-state index in [4.69, 9.17) is 0 Å². The number of halogens is 6. The van der Waals surface area contributed by atoms with Crippen molar-refractivity contribution in [1.29, 1.82) is 0 Å². The highest BCUT2D eigenvalue weighted by molar-refractivity contribution is 8.00. The normalized spacial score (nSPS) is 21.0. The van der Waals surface area contributed by atoms with Crippen molar-refractivity contribution in [2.24, 2.45) is 11.8 Å². The Labute approximate surface area is 261 Å². The van der Waals surface area contributed by atoms with E-state index in [0.717, 1.165) is 36.5 Å². The van der Waals surface area contributed by atoms with Crippen LogP contribution in [0.25, 0.3) is 0 Å². The molecule has 2 aliphatic rings. The molecule has 0 bridgehead atoms. The predicted octanol–water partition coefficient (Wildman–Crippen LogP) is 6.70. The number of alkyl halides is 6. The number of rotatable bonds is 9. The van der Waals surface area contributed by atoms with E-state index in [2.05, 4.69) is 23.7 Å². The zero-order valence-electron chi connectivity index (χ0n) is 25.3. The Bertz CT molecular complexity index is 1390. The highest BCUT2D eigenvalue weighted by Crippen LogP contribution is 2.39. The number of pyridine rings is 1. The highest BCUT2D eigenvalue weighted by atomic mass is 32.2. The Kier molecular flexibility index (Phi) is 10.1. The van der Waals surface area contributed by atoms with E-state index in [1.54, 1.807) is 0 Å². The summed E-state index contributed by atoms with van der Waals surface area (Å²) in [5.74, 6) is -1.99. The van der Waals surface area contributed by atoms with Gasteiger partial charge in [0, 0.05) is 37.3 Å². The quantitative estimate of drug-likeness (QED) is 0.169. The first-order chi connectivity index (χ1) is 20.9. The van der Waals surface area contributed by atoms with E-state index in [0.29, 0.717) is 28.8 Å². The fourth-order valence-corrected chi connectivity index (χ4v) is 6.45. The molecule has 3 heterocycles. The fraction of sp³-hybridized carbons (Fsp3) is 0.533. The zero-order chi connectivity index (χ0) is 33.3. The molecule has 246 valence electrons. The summed E-state index contributed by atoms with van der Waals surface area (Å²) in [6, 6.07) is 6.77. The number of imide groups is 1. The molecule has 4 rings (SSSR count). The van der Waals surface area contributed by atoms with Gasteiger partial charge in [0.2, 0.25) is 0 Å². The number of carbonyl (C=O) groups is 3. The molecule has 0 radical (unpaired) electrons. The van der Waals surface area contributed by atoms with Gasteiger partial charge in [0.15, 0.2) is 0 Å². The molecule has 2 aromatic rings. The molecule has 2 atom stereocenters. The molecule has 0 N–H and O–H groups in total. The predicted molar refractivity (Wildman–Crippen MR) is 158 cm³/mol. The van der Waals surface area contributed by atoms with Crippen LogP contribution in [0.2, 0.25) is 0 Å². The lowest BCUT2D eigenvalue weighted by Crippen LogP contribution is -2.44. The minimum Gasteiger partial charge on any atom is -0.305 e. The standard InChI is InChI=1S/C30H35F6N5O3S/c1-19-14-20(2)17-38(16-19)12-5-13-39(26(43)29(31,32)33)24-15-21(10-11-37-24)18-40-27(44)41(25(42)28(40,3)4)22-6-8-23(9-7-22)45-30(34,35)36/h6-11,15,19-20H,5,12-14,16-18H2,1-4H3. The molecule has 2 fully saturated rings. The van der Waals surface area contributed by atoms with Crippen molar-refractivity contribution in [3.8, 4) is 0 Å². The minimum absolute atomic E-state index is 0.0713. The Morgan fingerprint density at radius 1 is 1.02 bits per heavy atom. The van der Waals surface area contributed by atoms with Crippen molar-refractivity contribution in [2.45, 2.75) is 69.2 Å². The van der Waals surface area contributed by atoms with Gasteiger partial charge < -0.3 is 9.80 Å². The number of benzene rings is 1. The average molecular weight is 660 g/mol. The molecule has 0 aliphatic carbocycles. The van der Waals surface area contributed by atoms with Crippen molar-refractivity contribution < 1.29 is 40.7 Å². The fourth-order valence-electron chi connectivity index (χ4n) is 5.91. The van der Waals surface area contributed by atoms with Crippen LogP contribution in [0, 0.1) is 11.8 Å². The molecule has 2 saturated heterocycles. The van der Waals surface area contributed by atoms with Crippen LogP contribution in [0.4, 0.5) is 42.6 Å². The van der Waals surface area contributed by atoms with Gasteiger partial charge in [0.1, 0.15) is 11.4 Å². The van der Waals surface area contributed by atoms with Crippen LogP contribution in [0.5, 0.6) is 0 Å². The SMILES string of the molecule is CC1CC(C)CN(CCCN(C(=O)C(F)(F)F)c2cc(CN3C(=O)N(c4ccc(SC(F)(F)F)cc4)C(=O)C3(C)C)ccn2)C1. The van der Waals surface area contributed by atoms with Crippen LogP contribution in [0.3, 0.4) is 0 Å². The third kappa shape index (κ3) is 8.29. The topological polar surface area (TPSA) is 77.1 Å². The lowest BCUT2D eigenvalue weighted by atomic mass is 9.92. The number of nitrogens with zero attached hydrogens (tertiary/aromatic N) is 5. The van der Waals surface area contributed by atoms with E-state index in [1.165, 1.54) is 49.2 Å². The zero-order valence-corrected chi connectivity index (χ0v) is 26.1. The number of carbonyl (C=O) groups excluding carboxylic acids is 3. The number of amides is 4. The van der Waals surface area contributed by atoms with Gasteiger partial charge >= 0.3 is 23.6 Å². The number of aromatic nitrogens is 1. The Balaban J connectivity index is 1.52. The second-order valence-corrected chi connectivity index (χ2v) is 13.3. The Hall–Kier alpha value is -3.33. The van der Waals surface area contributed by atoms with Crippen molar-refractivity contribution in [1.82, 2.24) is 14.8 Å². The summed E-state index contributed by atoms with van der Waals surface area (Å²) in [6.45, 7) is 8.99. The van der Waals surface area contributed by atoms with Crippen molar-refractivity contribution in [3.05, 3.63) is 48.2 Å². The maximum absolute atomic E-state index is 13.6. The van der Waals surface area contributed by atoms with E-state index in [-0.39, 0.29) is 47.7 Å². The van der Waals surface area contributed by atoms with Crippen LogP contribution < -0.4 is 9.80 Å².